The lowest BCUT2D eigenvalue weighted by atomic mass is 10.4. The fraction of sp³-hybridized carbons (Fsp3) is 1.00. The predicted molar refractivity (Wildman–Crippen MR) is 74.0 cm³/mol. The van der Waals surface area contributed by atoms with E-state index in [1.54, 1.807) is 7.11 Å². The van der Waals surface area contributed by atoms with E-state index in [4.69, 9.17) is 14.2 Å². The Bertz CT molecular complexity index is 150. The molecule has 17 heavy (non-hydrogen) atoms. The molecule has 5 heteroatoms. The summed E-state index contributed by atoms with van der Waals surface area (Å²) in [5.41, 5.74) is 0. The first-order valence-electron chi connectivity index (χ1n) is 6.27. The number of hydrogen-bond acceptors (Lipinski definition) is 4. The molecule has 0 aromatic heterocycles. The first kappa shape index (κ1) is 17.3. The highest BCUT2D eigenvalue weighted by Gasteiger charge is 2.00. The van der Waals surface area contributed by atoms with Crippen LogP contribution in [0.1, 0.15) is 13.3 Å². The van der Waals surface area contributed by atoms with Crippen molar-refractivity contribution in [2.45, 2.75) is 13.3 Å². The van der Waals surface area contributed by atoms with Crippen LogP contribution in [0.25, 0.3) is 0 Å². The number of ether oxygens (including phenoxy) is 3. The minimum Gasteiger partial charge on any atom is -0.382 e. The maximum Gasteiger partial charge on any atom is 0.0701 e. The van der Waals surface area contributed by atoms with Crippen LogP contribution in [0.15, 0.2) is 0 Å². The van der Waals surface area contributed by atoms with E-state index in [-0.39, 0.29) is 0 Å². The fourth-order valence-electron chi connectivity index (χ4n) is 1.37. The molecular weight excluding hydrogens is 286 g/mol. The predicted octanol–water partition coefficient (Wildman–Crippen LogP) is 1.77. The van der Waals surface area contributed by atoms with Gasteiger partial charge >= 0.3 is 0 Å². The molecule has 0 rings (SSSR count). The van der Waals surface area contributed by atoms with E-state index in [1.165, 1.54) is 6.42 Å². The molecule has 0 fully saturated rings. The molecule has 0 aromatic carbocycles. The molecule has 0 atom stereocenters. The smallest absolute Gasteiger partial charge is 0.0701 e. The summed E-state index contributed by atoms with van der Waals surface area (Å²) in [6.45, 7) is 8.79. The molecule has 0 aliphatic carbocycles. The molecule has 0 amide bonds. The molecule has 0 aliphatic rings. The summed E-state index contributed by atoms with van der Waals surface area (Å²) in [6.07, 6.45) is 1.19. The summed E-state index contributed by atoms with van der Waals surface area (Å²) in [7, 11) is 1.67. The zero-order valence-corrected chi connectivity index (χ0v) is 12.7. The van der Waals surface area contributed by atoms with Crippen LogP contribution >= 0.6 is 15.9 Å². The van der Waals surface area contributed by atoms with Gasteiger partial charge in [-0.1, -0.05) is 22.9 Å². The second-order valence-corrected chi connectivity index (χ2v) is 4.49. The van der Waals surface area contributed by atoms with Crippen molar-refractivity contribution < 1.29 is 14.2 Å². The van der Waals surface area contributed by atoms with Gasteiger partial charge in [-0.2, -0.15) is 0 Å². The van der Waals surface area contributed by atoms with Crippen molar-refractivity contribution in [2.75, 3.05) is 65.1 Å². The standard InChI is InChI=1S/C12H26BrNO3/c1-3-14(6-4-5-13)7-8-16-11-12-17-10-9-15-2/h3-12H2,1-2H3. The van der Waals surface area contributed by atoms with Gasteiger partial charge in [-0.25, -0.2) is 0 Å². The number of halogens is 1. The van der Waals surface area contributed by atoms with Gasteiger partial charge in [0.1, 0.15) is 0 Å². The van der Waals surface area contributed by atoms with Crippen LogP contribution in [-0.4, -0.2) is 70.0 Å². The van der Waals surface area contributed by atoms with E-state index in [0.717, 1.165) is 31.6 Å². The Morgan fingerprint density at radius 3 is 2.18 bits per heavy atom. The Kier molecular flexibility index (Phi) is 14.7. The number of alkyl halides is 1. The minimum atomic E-state index is 0.645. The Morgan fingerprint density at radius 1 is 0.941 bits per heavy atom. The van der Waals surface area contributed by atoms with Crippen molar-refractivity contribution in [2.24, 2.45) is 0 Å². The summed E-state index contributed by atoms with van der Waals surface area (Å²) in [4.78, 5) is 2.40. The highest BCUT2D eigenvalue weighted by atomic mass is 79.9. The van der Waals surface area contributed by atoms with Gasteiger partial charge in [0.2, 0.25) is 0 Å². The Labute approximate surface area is 114 Å². The van der Waals surface area contributed by atoms with Crippen LogP contribution in [0.5, 0.6) is 0 Å². The second kappa shape index (κ2) is 14.4. The lowest BCUT2D eigenvalue weighted by Gasteiger charge is -2.19. The molecule has 0 spiro atoms. The lowest BCUT2D eigenvalue weighted by Crippen LogP contribution is -2.29. The van der Waals surface area contributed by atoms with E-state index < -0.39 is 0 Å². The molecule has 0 radical (unpaired) electrons. The van der Waals surface area contributed by atoms with Crippen LogP contribution in [0.4, 0.5) is 0 Å². The van der Waals surface area contributed by atoms with Gasteiger partial charge in [0, 0.05) is 19.0 Å². The van der Waals surface area contributed by atoms with Crippen LogP contribution < -0.4 is 0 Å². The number of rotatable bonds is 13. The fourth-order valence-corrected chi connectivity index (χ4v) is 1.62. The van der Waals surface area contributed by atoms with Crippen molar-refractivity contribution in [3.8, 4) is 0 Å². The van der Waals surface area contributed by atoms with Crippen molar-refractivity contribution in [1.82, 2.24) is 4.90 Å². The lowest BCUT2D eigenvalue weighted by molar-refractivity contribution is 0.0198. The second-order valence-electron chi connectivity index (χ2n) is 3.69. The quantitative estimate of drug-likeness (QED) is 0.383. The highest BCUT2D eigenvalue weighted by molar-refractivity contribution is 9.09. The number of nitrogens with zero attached hydrogens (tertiary/aromatic N) is 1. The van der Waals surface area contributed by atoms with Gasteiger partial charge in [0.15, 0.2) is 0 Å². The van der Waals surface area contributed by atoms with E-state index >= 15 is 0 Å². The molecule has 0 bridgehead atoms. The molecule has 0 aromatic rings. The van der Waals surface area contributed by atoms with Crippen molar-refractivity contribution in [3.05, 3.63) is 0 Å². The summed E-state index contributed by atoms with van der Waals surface area (Å²) in [5.74, 6) is 0. The van der Waals surface area contributed by atoms with Crippen LogP contribution in [0, 0.1) is 0 Å². The zero-order chi connectivity index (χ0) is 12.8. The molecule has 104 valence electrons. The zero-order valence-electron chi connectivity index (χ0n) is 11.1. The van der Waals surface area contributed by atoms with Crippen LogP contribution in [0.2, 0.25) is 0 Å². The summed E-state index contributed by atoms with van der Waals surface area (Å²) in [5, 5.41) is 1.07. The molecule has 0 saturated heterocycles. The molecular formula is C12H26BrNO3. The Hall–Kier alpha value is 0.320. The number of methoxy groups -OCH3 is 1. The number of hydrogen-bond donors (Lipinski definition) is 0. The molecule has 0 unspecified atom stereocenters. The average molecular weight is 312 g/mol. The third-order valence-electron chi connectivity index (χ3n) is 2.41. The van der Waals surface area contributed by atoms with Gasteiger partial charge in [-0.15, -0.1) is 0 Å². The van der Waals surface area contributed by atoms with Gasteiger partial charge in [-0.05, 0) is 19.5 Å². The van der Waals surface area contributed by atoms with Gasteiger partial charge in [-0.3, -0.25) is 0 Å². The minimum absolute atomic E-state index is 0.645. The highest BCUT2D eigenvalue weighted by Crippen LogP contribution is 1.94. The van der Waals surface area contributed by atoms with Gasteiger partial charge < -0.3 is 19.1 Å². The molecule has 0 heterocycles. The Balaban J connectivity index is 3.19. The van der Waals surface area contributed by atoms with E-state index in [9.17, 15) is 0 Å². The third kappa shape index (κ3) is 12.6. The molecule has 4 nitrogen and oxygen atoms in total. The average Bonchev–Trinajstić information content (AvgIpc) is 2.36. The normalized spacial score (nSPS) is 11.3. The largest absolute Gasteiger partial charge is 0.382 e. The van der Waals surface area contributed by atoms with Gasteiger partial charge in [0.25, 0.3) is 0 Å². The SMILES string of the molecule is CCN(CCCBr)CCOCCOCCOC. The third-order valence-corrected chi connectivity index (χ3v) is 2.97. The summed E-state index contributed by atoms with van der Waals surface area (Å²) < 4.78 is 15.7. The maximum atomic E-state index is 5.51. The van der Waals surface area contributed by atoms with Crippen molar-refractivity contribution >= 4 is 15.9 Å². The van der Waals surface area contributed by atoms with E-state index in [2.05, 4.69) is 27.8 Å². The van der Waals surface area contributed by atoms with E-state index in [1.807, 2.05) is 0 Å². The van der Waals surface area contributed by atoms with E-state index in [0.29, 0.717) is 26.4 Å². The topological polar surface area (TPSA) is 30.9 Å². The summed E-state index contributed by atoms with van der Waals surface area (Å²) >= 11 is 3.45. The van der Waals surface area contributed by atoms with Crippen LogP contribution in [0.3, 0.4) is 0 Å². The Morgan fingerprint density at radius 2 is 1.59 bits per heavy atom. The molecule has 0 N–H and O–H groups in total. The monoisotopic (exact) mass is 311 g/mol. The van der Waals surface area contributed by atoms with Gasteiger partial charge in [0.05, 0.1) is 33.0 Å². The first-order chi connectivity index (χ1) is 8.35. The van der Waals surface area contributed by atoms with Crippen molar-refractivity contribution in [1.29, 1.82) is 0 Å². The summed E-state index contributed by atoms with van der Waals surface area (Å²) in [6, 6.07) is 0. The molecule has 0 aliphatic heterocycles. The molecule has 0 saturated carbocycles. The number of likely N-dealkylation sites (N-methyl/N-ethyl adjacent to an activating group) is 1. The maximum absolute atomic E-state index is 5.51. The van der Waals surface area contributed by atoms with Crippen molar-refractivity contribution in [3.63, 3.8) is 0 Å². The van der Waals surface area contributed by atoms with Crippen LogP contribution in [-0.2, 0) is 14.2 Å². The first-order valence-corrected chi connectivity index (χ1v) is 7.40.